The van der Waals surface area contributed by atoms with Gasteiger partial charge in [0.2, 0.25) is 0 Å². The van der Waals surface area contributed by atoms with Gasteiger partial charge in [-0.15, -0.1) is 11.3 Å². The highest BCUT2D eigenvalue weighted by Crippen LogP contribution is 2.55. The van der Waals surface area contributed by atoms with Crippen molar-refractivity contribution < 1.29 is 0 Å². The maximum Gasteiger partial charge on any atom is 0.0433 e. The lowest BCUT2D eigenvalue weighted by molar-refractivity contribution is 0.667. The molecule has 0 saturated heterocycles. The van der Waals surface area contributed by atoms with Crippen LogP contribution in [0.25, 0.3) is 97.0 Å². The van der Waals surface area contributed by atoms with E-state index < -0.39 is 0 Å². The molecule has 0 N–H and O–H groups in total. The smallest absolute Gasteiger partial charge is 0.0433 e. The van der Waals surface area contributed by atoms with Crippen molar-refractivity contribution >= 4 is 63.8 Å². The average Bonchev–Trinajstić information content (AvgIpc) is 3.69. The molecule has 0 aliphatic heterocycles. The van der Waals surface area contributed by atoms with Gasteiger partial charge < -0.3 is 0 Å². The Labute approximate surface area is 307 Å². The quantitative estimate of drug-likeness (QED) is 0.163. The molecule has 52 heavy (non-hydrogen) atoms. The standard InChI is InChI=1S/C51H34S/c1-51(2)44-30-34(24-25-37(44)42-27-28-45-48(49(42)51)43-26-23-31-13-6-7-18-36(31)50(43)52-45)33-16-12-17-35(29-33)47-40-21-10-8-19-38(40)46(32-14-4-3-5-15-32)39-20-9-11-22-41(39)47/h3-30H,1-2H3. The summed E-state index contributed by atoms with van der Waals surface area (Å²) in [5.74, 6) is 0. The van der Waals surface area contributed by atoms with E-state index >= 15 is 0 Å². The van der Waals surface area contributed by atoms with E-state index in [-0.39, 0.29) is 5.41 Å². The molecule has 1 heterocycles. The second-order valence-electron chi connectivity index (χ2n) is 14.8. The van der Waals surface area contributed by atoms with Gasteiger partial charge in [0.25, 0.3) is 0 Å². The summed E-state index contributed by atoms with van der Waals surface area (Å²) in [6, 6.07) is 63.3. The molecular weight excluding hydrogens is 645 g/mol. The first-order chi connectivity index (χ1) is 25.6. The highest BCUT2D eigenvalue weighted by molar-refractivity contribution is 7.26. The van der Waals surface area contributed by atoms with Gasteiger partial charge in [-0.2, -0.15) is 0 Å². The second-order valence-corrected chi connectivity index (χ2v) is 15.9. The van der Waals surface area contributed by atoms with Crippen LogP contribution in [0.2, 0.25) is 0 Å². The predicted molar refractivity (Wildman–Crippen MR) is 226 cm³/mol. The van der Waals surface area contributed by atoms with Crippen molar-refractivity contribution in [2.24, 2.45) is 0 Å². The SMILES string of the molecule is CC1(C)c2cc(-c3cccc(-c4c5ccccc5c(-c5ccccc5)c5ccccc45)c3)ccc2-c2ccc3sc4c5ccccc5ccc4c3c21. The van der Waals surface area contributed by atoms with Gasteiger partial charge in [-0.05, 0) is 106 Å². The van der Waals surface area contributed by atoms with Gasteiger partial charge >= 0.3 is 0 Å². The molecule has 0 fully saturated rings. The number of benzene rings is 9. The van der Waals surface area contributed by atoms with Crippen LogP contribution in [-0.4, -0.2) is 0 Å². The topological polar surface area (TPSA) is 0 Å². The zero-order chi connectivity index (χ0) is 34.6. The van der Waals surface area contributed by atoms with Crippen molar-refractivity contribution in [1.82, 2.24) is 0 Å². The zero-order valence-corrected chi connectivity index (χ0v) is 29.9. The van der Waals surface area contributed by atoms with Crippen LogP contribution in [0.4, 0.5) is 0 Å². The lowest BCUT2D eigenvalue weighted by Crippen LogP contribution is -2.15. The Hall–Kier alpha value is -6.02. The summed E-state index contributed by atoms with van der Waals surface area (Å²) >= 11 is 1.94. The number of thiophene rings is 1. The number of rotatable bonds is 3. The van der Waals surface area contributed by atoms with Crippen LogP contribution in [0.3, 0.4) is 0 Å². The van der Waals surface area contributed by atoms with E-state index in [9.17, 15) is 0 Å². The van der Waals surface area contributed by atoms with E-state index in [2.05, 4.69) is 184 Å². The minimum absolute atomic E-state index is 0.142. The Kier molecular flexibility index (Phi) is 6.27. The maximum absolute atomic E-state index is 2.47. The Morgan fingerprint density at radius 1 is 0.404 bits per heavy atom. The van der Waals surface area contributed by atoms with Crippen LogP contribution in [0.15, 0.2) is 170 Å². The summed E-state index contributed by atoms with van der Waals surface area (Å²) in [5.41, 5.74) is 13.0. The van der Waals surface area contributed by atoms with Crippen LogP contribution in [0, 0.1) is 0 Å². The van der Waals surface area contributed by atoms with E-state index in [1.54, 1.807) is 0 Å². The number of fused-ring (bicyclic) bond motifs is 11. The molecule has 0 amide bonds. The molecule has 11 rings (SSSR count). The van der Waals surface area contributed by atoms with Gasteiger partial charge in [-0.1, -0.05) is 166 Å². The van der Waals surface area contributed by atoms with Crippen molar-refractivity contribution in [3.05, 3.63) is 181 Å². The number of hydrogen-bond acceptors (Lipinski definition) is 1. The molecule has 0 atom stereocenters. The van der Waals surface area contributed by atoms with Crippen LogP contribution < -0.4 is 0 Å². The monoisotopic (exact) mass is 678 g/mol. The van der Waals surface area contributed by atoms with Crippen molar-refractivity contribution in [1.29, 1.82) is 0 Å². The molecule has 10 aromatic rings. The summed E-state index contributed by atoms with van der Waals surface area (Å²) in [6.45, 7) is 4.85. The molecule has 0 unspecified atom stereocenters. The van der Waals surface area contributed by atoms with Crippen molar-refractivity contribution in [3.8, 4) is 44.5 Å². The summed E-state index contributed by atoms with van der Waals surface area (Å²) < 4.78 is 2.76. The minimum atomic E-state index is -0.142. The second kappa shape index (κ2) is 11.0. The molecule has 244 valence electrons. The van der Waals surface area contributed by atoms with Gasteiger partial charge in [0.05, 0.1) is 0 Å². The third kappa shape index (κ3) is 4.15. The van der Waals surface area contributed by atoms with Crippen LogP contribution in [-0.2, 0) is 5.41 Å². The molecule has 0 nitrogen and oxygen atoms in total. The molecular formula is C51H34S. The fourth-order valence-electron chi connectivity index (χ4n) is 9.29. The molecule has 0 spiro atoms. The Balaban J connectivity index is 1.08. The van der Waals surface area contributed by atoms with Gasteiger partial charge in [-0.25, -0.2) is 0 Å². The van der Waals surface area contributed by atoms with Gasteiger partial charge in [0.1, 0.15) is 0 Å². The molecule has 0 bridgehead atoms. The van der Waals surface area contributed by atoms with E-state index in [1.165, 1.54) is 108 Å². The van der Waals surface area contributed by atoms with E-state index in [0.29, 0.717) is 0 Å². The Morgan fingerprint density at radius 3 is 1.71 bits per heavy atom. The van der Waals surface area contributed by atoms with Crippen LogP contribution in [0.1, 0.15) is 25.0 Å². The lowest BCUT2D eigenvalue weighted by atomic mass is 9.79. The molecule has 0 radical (unpaired) electrons. The minimum Gasteiger partial charge on any atom is -0.135 e. The largest absolute Gasteiger partial charge is 0.135 e. The summed E-state index contributed by atoms with van der Waals surface area (Å²) in [6.07, 6.45) is 0. The fourth-order valence-corrected chi connectivity index (χ4v) is 10.5. The molecule has 1 aromatic heterocycles. The highest BCUT2D eigenvalue weighted by atomic mass is 32.1. The zero-order valence-electron chi connectivity index (χ0n) is 29.1. The first-order valence-corrected chi connectivity index (χ1v) is 19.0. The highest BCUT2D eigenvalue weighted by Gasteiger charge is 2.38. The molecule has 1 heteroatoms. The van der Waals surface area contributed by atoms with Crippen LogP contribution in [0.5, 0.6) is 0 Å². The van der Waals surface area contributed by atoms with E-state index in [1.807, 2.05) is 11.3 Å². The normalized spacial score (nSPS) is 13.3. The average molecular weight is 679 g/mol. The summed E-state index contributed by atoms with van der Waals surface area (Å²) in [4.78, 5) is 0. The van der Waals surface area contributed by atoms with E-state index in [0.717, 1.165) is 0 Å². The summed E-state index contributed by atoms with van der Waals surface area (Å²) in [7, 11) is 0. The first kappa shape index (κ1) is 29.7. The third-order valence-electron chi connectivity index (χ3n) is 11.6. The first-order valence-electron chi connectivity index (χ1n) is 18.2. The van der Waals surface area contributed by atoms with Crippen molar-refractivity contribution in [2.45, 2.75) is 19.3 Å². The van der Waals surface area contributed by atoms with Crippen molar-refractivity contribution in [2.75, 3.05) is 0 Å². The summed E-state index contributed by atoms with van der Waals surface area (Å²) in [5, 5.41) is 10.6. The molecule has 9 aromatic carbocycles. The van der Waals surface area contributed by atoms with Crippen molar-refractivity contribution in [3.63, 3.8) is 0 Å². The van der Waals surface area contributed by atoms with Crippen LogP contribution >= 0.6 is 11.3 Å². The third-order valence-corrected chi connectivity index (χ3v) is 12.8. The predicted octanol–water partition coefficient (Wildman–Crippen LogP) is 14.8. The van der Waals surface area contributed by atoms with Gasteiger partial charge in [0.15, 0.2) is 0 Å². The molecule has 0 saturated carbocycles. The molecule has 1 aliphatic carbocycles. The maximum atomic E-state index is 2.47. The van der Waals surface area contributed by atoms with Gasteiger partial charge in [-0.3, -0.25) is 0 Å². The Morgan fingerprint density at radius 2 is 0.981 bits per heavy atom. The Bertz CT molecular complexity index is 3030. The fraction of sp³-hybridized carbons (Fsp3) is 0.0588. The molecule has 1 aliphatic rings. The lowest BCUT2D eigenvalue weighted by Gasteiger charge is -2.23. The number of hydrogen-bond donors (Lipinski definition) is 0. The van der Waals surface area contributed by atoms with E-state index in [4.69, 9.17) is 0 Å². The van der Waals surface area contributed by atoms with Gasteiger partial charge in [0, 0.05) is 25.6 Å².